The Kier molecular flexibility index (Phi) is 3.84. The fourth-order valence-corrected chi connectivity index (χ4v) is 4.11. The summed E-state index contributed by atoms with van der Waals surface area (Å²) in [7, 11) is -0.127. The van der Waals surface area contributed by atoms with E-state index >= 15 is 0 Å². The van der Waals surface area contributed by atoms with Gasteiger partial charge < -0.3 is 9.33 Å². The summed E-state index contributed by atoms with van der Waals surface area (Å²) in [6, 6.07) is 2.72. The fourth-order valence-electron chi connectivity index (χ4n) is 2.86. The highest BCUT2D eigenvalue weighted by Gasteiger charge is 2.41. The summed E-state index contributed by atoms with van der Waals surface area (Å²) in [6.07, 6.45) is -0.242. The Labute approximate surface area is 142 Å². The van der Waals surface area contributed by atoms with Crippen molar-refractivity contribution in [2.24, 2.45) is 0 Å². The summed E-state index contributed by atoms with van der Waals surface area (Å²) in [4.78, 5) is 14.0. The first-order valence-electron chi connectivity index (χ1n) is 8.12. The molecular formula is C17H24FN3O2Si. The SMILES string of the molecule is CN1CC(O[Si](C)(C)C(C)(C)C)c2n[nH]c(=O)c3cc(F)cc1c23. The maximum Gasteiger partial charge on any atom is 0.272 e. The van der Waals surface area contributed by atoms with Crippen LogP contribution in [0, 0.1) is 5.82 Å². The third-order valence-corrected chi connectivity index (χ3v) is 9.75. The van der Waals surface area contributed by atoms with Gasteiger partial charge in [0.15, 0.2) is 8.32 Å². The number of rotatable bonds is 2. The number of H-pyrrole nitrogens is 1. The van der Waals surface area contributed by atoms with E-state index in [0.717, 1.165) is 0 Å². The minimum absolute atomic E-state index is 0.0654. The Hall–Kier alpha value is -1.73. The van der Waals surface area contributed by atoms with Crippen molar-refractivity contribution in [1.29, 1.82) is 0 Å². The molecule has 0 fully saturated rings. The molecule has 0 bridgehead atoms. The molecule has 1 atom stereocenters. The molecule has 24 heavy (non-hydrogen) atoms. The molecule has 2 heterocycles. The van der Waals surface area contributed by atoms with Gasteiger partial charge in [0, 0.05) is 24.7 Å². The number of halogens is 1. The van der Waals surface area contributed by atoms with Crippen LogP contribution in [0.3, 0.4) is 0 Å². The van der Waals surface area contributed by atoms with Gasteiger partial charge in [0.25, 0.3) is 5.56 Å². The summed E-state index contributed by atoms with van der Waals surface area (Å²) >= 11 is 0. The fraction of sp³-hybridized carbons (Fsp3) is 0.529. The van der Waals surface area contributed by atoms with Crippen molar-refractivity contribution in [2.45, 2.75) is 45.0 Å². The lowest BCUT2D eigenvalue weighted by molar-refractivity contribution is 0.184. The number of likely N-dealkylation sites (N-methyl/N-ethyl adjacent to an activating group) is 1. The first-order valence-corrected chi connectivity index (χ1v) is 11.0. The molecule has 0 spiro atoms. The van der Waals surface area contributed by atoms with E-state index in [1.54, 1.807) is 0 Å². The van der Waals surface area contributed by atoms with Crippen LogP contribution >= 0.6 is 0 Å². The van der Waals surface area contributed by atoms with Crippen LogP contribution in [0.25, 0.3) is 10.8 Å². The van der Waals surface area contributed by atoms with Gasteiger partial charge in [-0.2, -0.15) is 5.10 Å². The summed E-state index contributed by atoms with van der Waals surface area (Å²) in [6.45, 7) is 11.5. The van der Waals surface area contributed by atoms with Crippen LogP contribution in [0.5, 0.6) is 0 Å². The number of hydrogen-bond donors (Lipinski definition) is 1. The first kappa shape index (κ1) is 17.1. The Morgan fingerprint density at radius 2 is 2.04 bits per heavy atom. The molecule has 7 heteroatoms. The Balaban J connectivity index is 2.18. The van der Waals surface area contributed by atoms with Crippen LogP contribution in [-0.2, 0) is 4.43 Å². The molecule has 1 unspecified atom stereocenters. The van der Waals surface area contributed by atoms with E-state index < -0.39 is 14.1 Å². The predicted octanol–water partition coefficient (Wildman–Crippen LogP) is 3.57. The van der Waals surface area contributed by atoms with Crippen LogP contribution in [0.1, 0.15) is 32.6 Å². The van der Waals surface area contributed by atoms with Crippen LogP contribution in [-0.4, -0.2) is 32.1 Å². The zero-order chi connectivity index (χ0) is 17.9. The smallest absolute Gasteiger partial charge is 0.272 e. The number of nitrogens with one attached hydrogen (secondary N) is 1. The zero-order valence-electron chi connectivity index (χ0n) is 15.0. The molecule has 0 aliphatic carbocycles. The van der Waals surface area contributed by atoms with E-state index in [1.807, 2.05) is 11.9 Å². The average Bonchev–Trinajstić information content (AvgIpc) is 2.44. The first-order chi connectivity index (χ1) is 11.0. The molecule has 130 valence electrons. The number of anilines is 1. The predicted molar refractivity (Wildman–Crippen MR) is 96.6 cm³/mol. The average molecular weight is 349 g/mol. The second kappa shape index (κ2) is 5.39. The minimum atomic E-state index is -2.02. The van der Waals surface area contributed by atoms with E-state index in [1.165, 1.54) is 12.1 Å². The van der Waals surface area contributed by atoms with E-state index in [0.29, 0.717) is 28.7 Å². The lowest BCUT2D eigenvalue weighted by Gasteiger charge is -2.42. The number of nitrogens with zero attached hydrogens (tertiary/aromatic N) is 2. The van der Waals surface area contributed by atoms with Gasteiger partial charge in [-0.15, -0.1) is 0 Å². The lowest BCUT2D eigenvalue weighted by atomic mass is 10.0. The molecule has 1 aromatic carbocycles. The van der Waals surface area contributed by atoms with E-state index in [9.17, 15) is 9.18 Å². The number of hydrogen-bond acceptors (Lipinski definition) is 4. The molecule has 0 saturated heterocycles. The molecule has 1 aliphatic heterocycles. The van der Waals surface area contributed by atoms with Crippen molar-refractivity contribution >= 4 is 24.8 Å². The number of aromatic amines is 1. The summed E-state index contributed by atoms with van der Waals surface area (Å²) in [5, 5.41) is 7.84. The third-order valence-electron chi connectivity index (χ3n) is 5.26. The van der Waals surface area contributed by atoms with Crippen molar-refractivity contribution in [1.82, 2.24) is 10.2 Å². The molecule has 0 saturated carbocycles. The van der Waals surface area contributed by atoms with Crippen molar-refractivity contribution in [3.63, 3.8) is 0 Å². The van der Waals surface area contributed by atoms with Gasteiger partial charge in [-0.3, -0.25) is 4.79 Å². The van der Waals surface area contributed by atoms with E-state index in [-0.39, 0.29) is 16.7 Å². The van der Waals surface area contributed by atoms with Crippen LogP contribution in [0.2, 0.25) is 18.1 Å². The second-order valence-corrected chi connectivity index (χ2v) is 12.8. The van der Waals surface area contributed by atoms with Gasteiger partial charge in [0.1, 0.15) is 17.6 Å². The Morgan fingerprint density at radius 3 is 2.67 bits per heavy atom. The Bertz CT molecular complexity index is 857. The van der Waals surface area contributed by atoms with E-state index in [2.05, 4.69) is 44.1 Å². The van der Waals surface area contributed by atoms with E-state index in [4.69, 9.17) is 4.43 Å². The molecule has 1 aromatic heterocycles. The maximum absolute atomic E-state index is 13.9. The Morgan fingerprint density at radius 1 is 1.38 bits per heavy atom. The van der Waals surface area contributed by atoms with Gasteiger partial charge in [-0.05, 0) is 30.3 Å². The summed E-state index contributed by atoms with van der Waals surface area (Å²) < 4.78 is 20.4. The quantitative estimate of drug-likeness (QED) is 0.842. The number of aromatic nitrogens is 2. The molecule has 0 radical (unpaired) electrons. The second-order valence-electron chi connectivity index (χ2n) is 8.03. The van der Waals surface area contributed by atoms with Crippen molar-refractivity contribution in [3.8, 4) is 0 Å². The van der Waals surface area contributed by atoms with Crippen LogP contribution in [0.4, 0.5) is 10.1 Å². The standard InChI is InChI=1S/C17H24FN3O2Si/c1-17(2,3)24(5,6)23-13-9-21(4)12-8-10(18)7-11-14(12)15(13)19-20-16(11)22/h7-8,13H,9H2,1-6H3,(H,20,22). The van der Waals surface area contributed by atoms with Gasteiger partial charge in [-0.25, -0.2) is 9.49 Å². The maximum atomic E-state index is 13.9. The molecule has 2 aromatic rings. The third kappa shape index (κ3) is 2.65. The highest BCUT2D eigenvalue weighted by molar-refractivity contribution is 6.74. The summed E-state index contributed by atoms with van der Waals surface area (Å²) in [5.41, 5.74) is 1.01. The van der Waals surface area contributed by atoms with Crippen LogP contribution < -0.4 is 10.5 Å². The molecule has 0 amide bonds. The minimum Gasteiger partial charge on any atom is -0.406 e. The van der Waals surface area contributed by atoms with Gasteiger partial charge in [0.05, 0.1) is 5.39 Å². The molecule has 5 nitrogen and oxygen atoms in total. The van der Waals surface area contributed by atoms with Crippen molar-refractivity contribution in [3.05, 3.63) is 34.0 Å². The normalized spacial score (nSPS) is 18.3. The highest BCUT2D eigenvalue weighted by Crippen LogP contribution is 2.43. The van der Waals surface area contributed by atoms with Gasteiger partial charge in [0.2, 0.25) is 0 Å². The zero-order valence-corrected chi connectivity index (χ0v) is 16.0. The molecule has 1 N–H and O–H groups in total. The topological polar surface area (TPSA) is 58.2 Å². The van der Waals surface area contributed by atoms with Crippen LogP contribution in [0.15, 0.2) is 16.9 Å². The lowest BCUT2D eigenvalue weighted by Crippen LogP contribution is -2.45. The largest absolute Gasteiger partial charge is 0.406 e. The molecule has 3 rings (SSSR count). The van der Waals surface area contributed by atoms with Crippen molar-refractivity contribution in [2.75, 3.05) is 18.5 Å². The van der Waals surface area contributed by atoms with Crippen molar-refractivity contribution < 1.29 is 8.82 Å². The number of benzene rings is 1. The van der Waals surface area contributed by atoms with Gasteiger partial charge in [-0.1, -0.05) is 20.8 Å². The molecule has 1 aliphatic rings. The van der Waals surface area contributed by atoms with Gasteiger partial charge >= 0.3 is 0 Å². The summed E-state index contributed by atoms with van der Waals surface area (Å²) in [5.74, 6) is -0.421. The molecular weight excluding hydrogens is 325 g/mol. The monoisotopic (exact) mass is 349 g/mol. The highest BCUT2D eigenvalue weighted by atomic mass is 28.4.